The van der Waals surface area contributed by atoms with Crippen molar-refractivity contribution in [3.8, 4) is 0 Å². The van der Waals surface area contributed by atoms with E-state index in [0.29, 0.717) is 0 Å². The Bertz CT molecular complexity index is 528. The summed E-state index contributed by atoms with van der Waals surface area (Å²) >= 11 is 3.40. The molecule has 4 nitrogen and oxygen atoms in total. The third kappa shape index (κ3) is 3.32. The quantitative estimate of drug-likeness (QED) is 0.945. The van der Waals surface area contributed by atoms with Gasteiger partial charge < -0.3 is 5.32 Å². The van der Waals surface area contributed by atoms with Gasteiger partial charge in [0.15, 0.2) is 0 Å². The maximum Gasteiger partial charge on any atom is 0.0543 e. The molecule has 2 rings (SSSR count). The van der Waals surface area contributed by atoms with Gasteiger partial charge in [-0.25, -0.2) is 0 Å². The van der Waals surface area contributed by atoms with Crippen molar-refractivity contribution in [2.24, 2.45) is 0 Å². The molecule has 0 radical (unpaired) electrons. The molecule has 0 fully saturated rings. The first kappa shape index (κ1) is 13.1. The summed E-state index contributed by atoms with van der Waals surface area (Å²) in [6.45, 7) is 7.15. The Morgan fingerprint density at radius 3 is 2.67 bits per heavy atom. The zero-order chi connectivity index (χ0) is 13.2. The van der Waals surface area contributed by atoms with Crippen LogP contribution in [-0.4, -0.2) is 14.8 Å². The molecule has 2 aromatic rings. The third-order valence-electron chi connectivity index (χ3n) is 2.52. The summed E-state index contributed by atoms with van der Waals surface area (Å²) in [5, 5.41) is 7.69. The normalized spacial score (nSPS) is 11.6. The minimum Gasteiger partial charge on any atom is -0.380 e. The van der Waals surface area contributed by atoms with E-state index in [1.807, 2.05) is 16.9 Å². The predicted molar refractivity (Wildman–Crippen MR) is 76.5 cm³/mol. The van der Waals surface area contributed by atoms with Crippen LogP contribution in [0.25, 0.3) is 0 Å². The highest BCUT2D eigenvalue weighted by atomic mass is 79.9. The summed E-state index contributed by atoms with van der Waals surface area (Å²) in [5.74, 6) is 0. The van der Waals surface area contributed by atoms with Gasteiger partial charge in [-0.3, -0.25) is 9.67 Å². The van der Waals surface area contributed by atoms with Gasteiger partial charge in [-0.2, -0.15) is 5.10 Å². The lowest BCUT2D eigenvalue weighted by Gasteiger charge is -2.18. The van der Waals surface area contributed by atoms with Crippen molar-refractivity contribution in [2.45, 2.75) is 32.9 Å². The van der Waals surface area contributed by atoms with Crippen LogP contribution in [0.5, 0.6) is 0 Å². The average Bonchev–Trinajstić information content (AvgIpc) is 2.74. The molecule has 0 aliphatic carbocycles. The average molecular weight is 309 g/mol. The molecule has 0 saturated heterocycles. The molecule has 96 valence electrons. The van der Waals surface area contributed by atoms with E-state index in [2.05, 4.69) is 58.3 Å². The van der Waals surface area contributed by atoms with Gasteiger partial charge in [0.05, 0.1) is 23.6 Å². The van der Waals surface area contributed by atoms with E-state index in [9.17, 15) is 0 Å². The Kier molecular flexibility index (Phi) is 3.71. The van der Waals surface area contributed by atoms with Crippen LogP contribution >= 0.6 is 15.9 Å². The Morgan fingerprint density at radius 2 is 2.06 bits per heavy atom. The van der Waals surface area contributed by atoms with Crippen LogP contribution < -0.4 is 5.32 Å². The molecule has 1 N–H and O–H groups in total. The number of halogens is 1. The Labute approximate surface area is 116 Å². The SMILES string of the molecule is CC(C)(C)n1cc(CNc2cncc(Br)c2)cn1. The maximum absolute atomic E-state index is 4.37. The van der Waals surface area contributed by atoms with Gasteiger partial charge >= 0.3 is 0 Å². The molecule has 2 aromatic heterocycles. The second kappa shape index (κ2) is 5.10. The number of aromatic nitrogens is 3. The molecule has 0 aliphatic rings. The van der Waals surface area contributed by atoms with E-state index in [1.165, 1.54) is 0 Å². The Balaban J connectivity index is 2.01. The Morgan fingerprint density at radius 1 is 1.28 bits per heavy atom. The van der Waals surface area contributed by atoms with Gasteiger partial charge in [0.2, 0.25) is 0 Å². The van der Waals surface area contributed by atoms with Crippen LogP contribution in [0.3, 0.4) is 0 Å². The van der Waals surface area contributed by atoms with Crippen LogP contribution in [0.4, 0.5) is 5.69 Å². The second-order valence-corrected chi connectivity index (χ2v) is 6.13. The highest BCUT2D eigenvalue weighted by molar-refractivity contribution is 9.10. The summed E-state index contributed by atoms with van der Waals surface area (Å²) in [4.78, 5) is 4.11. The lowest BCUT2D eigenvalue weighted by atomic mass is 10.1. The van der Waals surface area contributed by atoms with Gasteiger partial charge in [-0.1, -0.05) is 0 Å². The lowest BCUT2D eigenvalue weighted by Crippen LogP contribution is -2.21. The van der Waals surface area contributed by atoms with Crippen LogP contribution in [0, 0.1) is 0 Å². The summed E-state index contributed by atoms with van der Waals surface area (Å²) in [6, 6.07) is 2.00. The van der Waals surface area contributed by atoms with E-state index in [-0.39, 0.29) is 5.54 Å². The lowest BCUT2D eigenvalue weighted by molar-refractivity contribution is 0.355. The molecule has 18 heavy (non-hydrogen) atoms. The van der Waals surface area contributed by atoms with Crippen molar-refractivity contribution in [3.63, 3.8) is 0 Å². The van der Waals surface area contributed by atoms with Gasteiger partial charge in [0, 0.05) is 29.0 Å². The van der Waals surface area contributed by atoms with Crippen molar-refractivity contribution in [2.75, 3.05) is 5.32 Å². The van der Waals surface area contributed by atoms with Crippen LogP contribution in [0.1, 0.15) is 26.3 Å². The number of hydrogen-bond acceptors (Lipinski definition) is 3. The predicted octanol–water partition coefficient (Wildman–Crippen LogP) is 3.41. The number of hydrogen-bond donors (Lipinski definition) is 1. The maximum atomic E-state index is 4.37. The molecule has 5 heteroatoms. The third-order valence-corrected chi connectivity index (χ3v) is 2.96. The minimum atomic E-state index is 0.0234. The standard InChI is InChI=1S/C13H17BrN4/c1-13(2,3)18-9-10(6-17-18)5-16-12-4-11(14)7-15-8-12/h4,6-9,16H,5H2,1-3H3. The number of nitrogens with zero attached hydrogens (tertiary/aromatic N) is 3. The molecule has 0 aromatic carbocycles. The summed E-state index contributed by atoms with van der Waals surface area (Å²) in [5.41, 5.74) is 2.17. The van der Waals surface area contributed by atoms with E-state index >= 15 is 0 Å². The molecule has 0 atom stereocenters. The molecule has 0 aliphatic heterocycles. The van der Waals surface area contributed by atoms with E-state index in [4.69, 9.17) is 0 Å². The van der Waals surface area contributed by atoms with Crippen molar-refractivity contribution < 1.29 is 0 Å². The topological polar surface area (TPSA) is 42.7 Å². The van der Waals surface area contributed by atoms with Gasteiger partial charge in [0.1, 0.15) is 0 Å². The molecule has 0 spiro atoms. The van der Waals surface area contributed by atoms with Crippen LogP contribution in [0.2, 0.25) is 0 Å². The first-order valence-corrected chi connectivity index (χ1v) is 6.63. The molecule has 0 amide bonds. The number of nitrogens with one attached hydrogen (secondary N) is 1. The smallest absolute Gasteiger partial charge is 0.0543 e. The van der Waals surface area contributed by atoms with Crippen LogP contribution in [0.15, 0.2) is 35.3 Å². The van der Waals surface area contributed by atoms with Crippen molar-refractivity contribution >= 4 is 21.6 Å². The Hall–Kier alpha value is -1.36. The van der Waals surface area contributed by atoms with Gasteiger partial charge in [0.25, 0.3) is 0 Å². The van der Waals surface area contributed by atoms with E-state index < -0.39 is 0 Å². The summed E-state index contributed by atoms with van der Waals surface area (Å²) < 4.78 is 2.95. The largest absolute Gasteiger partial charge is 0.380 e. The molecular formula is C13H17BrN4. The number of rotatable bonds is 3. The van der Waals surface area contributed by atoms with E-state index in [1.54, 1.807) is 12.4 Å². The molecule has 2 heterocycles. The van der Waals surface area contributed by atoms with Crippen LogP contribution in [-0.2, 0) is 12.1 Å². The van der Waals surface area contributed by atoms with Crippen molar-refractivity contribution in [3.05, 3.63) is 40.9 Å². The fraction of sp³-hybridized carbons (Fsp3) is 0.385. The fourth-order valence-corrected chi connectivity index (χ4v) is 1.90. The highest BCUT2D eigenvalue weighted by Gasteiger charge is 2.13. The number of pyridine rings is 1. The number of anilines is 1. The zero-order valence-corrected chi connectivity index (χ0v) is 12.4. The molecular weight excluding hydrogens is 292 g/mol. The highest BCUT2D eigenvalue weighted by Crippen LogP contribution is 2.16. The summed E-state index contributed by atoms with van der Waals surface area (Å²) in [6.07, 6.45) is 7.53. The summed E-state index contributed by atoms with van der Waals surface area (Å²) in [7, 11) is 0. The van der Waals surface area contributed by atoms with Crippen molar-refractivity contribution in [1.82, 2.24) is 14.8 Å². The molecule has 0 bridgehead atoms. The molecule has 0 unspecified atom stereocenters. The fourth-order valence-electron chi connectivity index (χ4n) is 1.53. The van der Waals surface area contributed by atoms with Gasteiger partial charge in [-0.05, 0) is 42.8 Å². The monoisotopic (exact) mass is 308 g/mol. The first-order chi connectivity index (χ1) is 8.45. The second-order valence-electron chi connectivity index (χ2n) is 5.21. The van der Waals surface area contributed by atoms with E-state index in [0.717, 1.165) is 22.3 Å². The zero-order valence-electron chi connectivity index (χ0n) is 10.8. The van der Waals surface area contributed by atoms with Crippen molar-refractivity contribution in [1.29, 1.82) is 0 Å². The minimum absolute atomic E-state index is 0.0234. The first-order valence-electron chi connectivity index (χ1n) is 5.83. The van der Waals surface area contributed by atoms with Gasteiger partial charge in [-0.15, -0.1) is 0 Å². The molecule has 0 saturated carbocycles.